The first kappa shape index (κ1) is 9.27. The van der Waals surface area contributed by atoms with Crippen molar-refractivity contribution in [2.24, 2.45) is 0 Å². The molecule has 0 saturated carbocycles. The van der Waals surface area contributed by atoms with Crippen molar-refractivity contribution >= 4 is 28.6 Å². The maximum absolute atomic E-state index is 13.0. The predicted octanol–water partition coefficient (Wildman–Crippen LogP) is 2.79. The summed E-state index contributed by atoms with van der Waals surface area (Å²) in [5.41, 5.74) is 1.30. The first-order valence-corrected chi connectivity index (χ1v) is 4.67. The number of H-pyrrole nitrogens is 1. The van der Waals surface area contributed by atoms with Gasteiger partial charge in [0, 0.05) is 12.6 Å². The highest BCUT2D eigenvalue weighted by molar-refractivity contribution is 6.31. The van der Waals surface area contributed by atoms with Crippen molar-refractivity contribution in [1.29, 1.82) is 0 Å². The number of nitrogens with zero attached hydrogens (tertiary/aromatic N) is 1. The number of aromatic nitrogens is 2. The van der Waals surface area contributed by atoms with E-state index in [1.54, 1.807) is 0 Å². The largest absolute Gasteiger partial charge is 0.356 e. The van der Waals surface area contributed by atoms with Gasteiger partial charge in [0.2, 0.25) is 5.95 Å². The molecule has 2 N–H and O–H groups in total. The van der Waals surface area contributed by atoms with E-state index in [4.69, 9.17) is 11.6 Å². The van der Waals surface area contributed by atoms with Crippen molar-refractivity contribution in [3.05, 3.63) is 23.0 Å². The minimum atomic E-state index is -0.439. The third kappa shape index (κ3) is 1.53. The van der Waals surface area contributed by atoms with Gasteiger partial charge >= 0.3 is 0 Å². The van der Waals surface area contributed by atoms with Gasteiger partial charge in [-0.15, -0.1) is 0 Å². The lowest BCUT2D eigenvalue weighted by molar-refractivity contribution is 0.630. The van der Waals surface area contributed by atoms with Crippen molar-refractivity contribution in [3.8, 4) is 0 Å². The number of hydrogen-bond acceptors (Lipinski definition) is 2. The number of nitrogens with one attached hydrogen (secondary N) is 2. The van der Waals surface area contributed by atoms with E-state index in [0.29, 0.717) is 17.0 Å². The second-order valence-corrected chi connectivity index (χ2v) is 3.31. The molecule has 1 aromatic heterocycles. The Morgan fingerprint density at radius 1 is 1.57 bits per heavy atom. The van der Waals surface area contributed by atoms with Crippen LogP contribution in [0.5, 0.6) is 0 Å². The normalized spacial score (nSPS) is 10.8. The zero-order chi connectivity index (χ0) is 10.1. The van der Waals surface area contributed by atoms with E-state index in [2.05, 4.69) is 15.3 Å². The number of anilines is 1. The maximum Gasteiger partial charge on any atom is 0.201 e. The first-order chi connectivity index (χ1) is 6.70. The van der Waals surface area contributed by atoms with Crippen LogP contribution in [0.4, 0.5) is 10.3 Å². The summed E-state index contributed by atoms with van der Waals surface area (Å²) >= 11 is 5.62. The molecule has 1 aromatic carbocycles. The maximum atomic E-state index is 13.0. The predicted molar refractivity (Wildman–Crippen MR) is 55.2 cm³/mol. The minimum absolute atomic E-state index is 0.0899. The second-order valence-electron chi connectivity index (χ2n) is 2.90. The number of fused-ring (bicyclic) bond motifs is 1. The quantitative estimate of drug-likeness (QED) is 0.806. The molecule has 0 aliphatic carbocycles. The number of rotatable bonds is 2. The fourth-order valence-electron chi connectivity index (χ4n) is 1.26. The van der Waals surface area contributed by atoms with Crippen LogP contribution < -0.4 is 5.32 Å². The van der Waals surface area contributed by atoms with Gasteiger partial charge in [0.25, 0.3) is 0 Å². The lowest BCUT2D eigenvalue weighted by Gasteiger charge is -1.93. The summed E-state index contributed by atoms with van der Waals surface area (Å²) in [4.78, 5) is 7.13. The summed E-state index contributed by atoms with van der Waals surface area (Å²) in [7, 11) is 0. The second kappa shape index (κ2) is 3.46. The van der Waals surface area contributed by atoms with Crippen molar-refractivity contribution < 1.29 is 4.39 Å². The summed E-state index contributed by atoms with van der Waals surface area (Å²) in [5, 5.41) is 3.09. The number of hydrogen-bond donors (Lipinski definition) is 2. The third-order valence-corrected chi connectivity index (χ3v) is 2.16. The van der Waals surface area contributed by atoms with E-state index < -0.39 is 5.82 Å². The molecule has 0 spiro atoms. The van der Waals surface area contributed by atoms with Crippen LogP contribution in [-0.4, -0.2) is 16.5 Å². The van der Waals surface area contributed by atoms with E-state index in [9.17, 15) is 4.39 Å². The Kier molecular flexibility index (Phi) is 2.29. The first-order valence-electron chi connectivity index (χ1n) is 4.29. The molecule has 0 aliphatic rings. The van der Waals surface area contributed by atoms with Crippen LogP contribution in [-0.2, 0) is 0 Å². The van der Waals surface area contributed by atoms with Crippen LogP contribution >= 0.6 is 11.6 Å². The molecule has 2 aromatic rings. The van der Waals surface area contributed by atoms with Gasteiger partial charge in [-0.05, 0) is 13.0 Å². The molecule has 0 aliphatic heterocycles. The lowest BCUT2D eigenvalue weighted by Crippen LogP contribution is -1.97. The molecule has 1 heterocycles. The molecule has 0 unspecified atom stereocenters. The molecule has 3 nitrogen and oxygen atoms in total. The highest BCUT2D eigenvalue weighted by Gasteiger charge is 2.06. The molecule has 74 valence electrons. The Bertz CT molecular complexity index is 427. The van der Waals surface area contributed by atoms with Crippen LogP contribution in [0.25, 0.3) is 11.0 Å². The standard InChI is InChI=1S/C9H9ClFN3/c1-2-12-9-13-7-3-5(10)6(11)4-8(7)14-9/h3-4H,2H2,1H3,(H2,12,13,14). The van der Waals surface area contributed by atoms with Gasteiger partial charge in [0.05, 0.1) is 16.1 Å². The van der Waals surface area contributed by atoms with Crippen LogP contribution in [0.1, 0.15) is 6.92 Å². The highest BCUT2D eigenvalue weighted by atomic mass is 35.5. The number of aromatic amines is 1. The molecule has 0 bridgehead atoms. The zero-order valence-corrected chi connectivity index (χ0v) is 8.32. The average Bonchev–Trinajstić information content (AvgIpc) is 2.48. The van der Waals surface area contributed by atoms with Crippen LogP contribution in [0.15, 0.2) is 12.1 Å². The Morgan fingerprint density at radius 2 is 2.36 bits per heavy atom. The molecule has 14 heavy (non-hydrogen) atoms. The molecular formula is C9H9ClFN3. The topological polar surface area (TPSA) is 40.7 Å². The van der Waals surface area contributed by atoms with E-state index in [1.165, 1.54) is 12.1 Å². The van der Waals surface area contributed by atoms with Gasteiger partial charge in [-0.3, -0.25) is 0 Å². The molecule has 0 amide bonds. The Hall–Kier alpha value is -1.29. The number of benzene rings is 1. The molecule has 0 atom stereocenters. The molecule has 5 heteroatoms. The third-order valence-electron chi connectivity index (χ3n) is 1.87. The summed E-state index contributed by atoms with van der Waals surface area (Å²) in [6.45, 7) is 2.72. The van der Waals surface area contributed by atoms with Gasteiger partial charge in [-0.1, -0.05) is 11.6 Å². The van der Waals surface area contributed by atoms with Gasteiger partial charge in [0.15, 0.2) is 0 Å². The summed E-state index contributed by atoms with van der Waals surface area (Å²) in [6, 6.07) is 2.84. The summed E-state index contributed by atoms with van der Waals surface area (Å²) < 4.78 is 13.0. The summed E-state index contributed by atoms with van der Waals surface area (Å²) in [5.74, 6) is 0.190. The lowest BCUT2D eigenvalue weighted by atomic mass is 10.3. The molecule has 0 radical (unpaired) electrons. The van der Waals surface area contributed by atoms with Gasteiger partial charge < -0.3 is 10.3 Å². The molecule has 2 rings (SSSR count). The SMILES string of the molecule is CCNc1nc2cc(Cl)c(F)cc2[nH]1. The fraction of sp³-hybridized carbons (Fsp3) is 0.222. The Balaban J connectivity index is 2.54. The molecular weight excluding hydrogens is 205 g/mol. The van der Waals surface area contributed by atoms with Gasteiger partial charge in [-0.2, -0.15) is 0 Å². The van der Waals surface area contributed by atoms with Crippen LogP contribution in [0.2, 0.25) is 5.02 Å². The van der Waals surface area contributed by atoms with Crippen LogP contribution in [0.3, 0.4) is 0 Å². The van der Waals surface area contributed by atoms with Crippen molar-refractivity contribution in [2.75, 3.05) is 11.9 Å². The van der Waals surface area contributed by atoms with Crippen molar-refractivity contribution in [2.45, 2.75) is 6.92 Å². The Labute approximate surface area is 85.3 Å². The van der Waals surface area contributed by atoms with E-state index in [1.807, 2.05) is 6.92 Å². The summed E-state index contributed by atoms with van der Waals surface area (Å²) in [6.07, 6.45) is 0. The smallest absolute Gasteiger partial charge is 0.201 e. The van der Waals surface area contributed by atoms with E-state index in [-0.39, 0.29) is 5.02 Å². The van der Waals surface area contributed by atoms with Crippen molar-refractivity contribution in [1.82, 2.24) is 9.97 Å². The fourth-order valence-corrected chi connectivity index (χ4v) is 1.41. The molecule has 0 fully saturated rings. The van der Waals surface area contributed by atoms with Crippen molar-refractivity contribution in [3.63, 3.8) is 0 Å². The molecule has 0 saturated heterocycles. The highest BCUT2D eigenvalue weighted by Crippen LogP contribution is 2.22. The zero-order valence-electron chi connectivity index (χ0n) is 7.56. The van der Waals surface area contributed by atoms with E-state index >= 15 is 0 Å². The Morgan fingerprint density at radius 3 is 3.07 bits per heavy atom. The average molecular weight is 214 g/mol. The van der Waals surface area contributed by atoms with E-state index in [0.717, 1.165) is 6.54 Å². The monoisotopic (exact) mass is 213 g/mol. The van der Waals surface area contributed by atoms with Crippen LogP contribution in [0, 0.1) is 5.82 Å². The minimum Gasteiger partial charge on any atom is -0.356 e. The number of imidazole rings is 1. The number of halogens is 2. The van der Waals surface area contributed by atoms with Gasteiger partial charge in [-0.25, -0.2) is 9.37 Å². The van der Waals surface area contributed by atoms with Gasteiger partial charge in [0.1, 0.15) is 5.82 Å².